The molecular weight excluding hydrogens is 354 g/mol. The topological polar surface area (TPSA) is 9.72 Å². The minimum atomic E-state index is -0.164. The van der Waals surface area contributed by atoms with Crippen LogP contribution < -0.4 is 9.80 Å². The smallest absolute Gasteiger partial charge is 0.183 e. The molecule has 3 aliphatic rings. The van der Waals surface area contributed by atoms with Gasteiger partial charge in [0.1, 0.15) is 0 Å². The molecule has 0 amide bonds. The van der Waals surface area contributed by atoms with Crippen LogP contribution in [0.15, 0.2) is 84.9 Å². The number of anilines is 2. The summed E-state index contributed by atoms with van der Waals surface area (Å²) in [4.78, 5) is 8.20. The molecule has 3 heterocycles. The fourth-order valence-electron chi connectivity index (χ4n) is 6.04. The molecule has 0 radical (unpaired) electrons. The summed E-state index contributed by atoms with van der Waals surface area (Å²) in [7, 11) is 0. The number of rotatable bonds is 3. The van der Waals surface area contributed by atoms with Crippen LogP contribution in [0, 0.1) is 0 Å². The molecule has 0 atom stereocenters. The summed E-state index contributed by atoms with van der Waals surface area (Å²) in [6.45, 7) is 4.55. The van der Waals surface area contributed by atoms with Crippen molar-refractivity contribution in [3.05, 3.63) is 96.1 Å². The molecule has 3 aromatic rings. The quantitative estimate of drug-likeness (QED) is 0.638. The Kier molecular flexibility index (Phi) is 3.91. The molecule has 0 aliphatic carbocycles. The third-order valence-corrected chi connectivity index (χ3v) is 7.00. The second-order valence-electron chi connectivity index (χ2n) is 8.43. The van der Waals surface area contributed by atoms with Crippen molar-refractivity contribution in [1.29, 1.82) is 0 Å². The van der Waals surface area contributed by atoms with Crippen LogP contribution in [-0.2, 0) is 0 Å². The molecule has 0 unspecified atom stereocenters. The molecule has 0 N–H and O–H groups in total. The van der Waals surface area contributed by atoms with E-state index in [1.807, 2.05) is 0 Å². The van der Waals surface area contributed by atoms with E-state index in [2.05, 4.69) is 99.6 Å². The van der Waals surface area contributed by atoms with Crippen molar-refractivity contribution >= 4 is 11.4 Å². The molecule has 6 rings (SSSR count). The summed E-state index contributed by atoms with van der Waals surface area (Å²) in [5, 5.41) is 0. The van der Waals surface area contributed by atoms with Crippen LogP contribution in [0.2, 0.25) is 0 Å². The molecule has 0 aromatic heterocycles. The lowest BCUT2D eigenvalue weighted by atomic mass is 9.80. The maximum Gasteiger partial charge on any atom is 0.183 e. The number of benzene rings is 3. The average molecular weight is 382 g/mol. The zero-order valence-corrected chi connectivity index (χ0v) is 16.7. The zero-order chi connectivity index (χ0) is 19.3. The molecule has 0 bridgehead atoms. The average Bonchev–Trinajstić information content (AvgIpc) is 3.07. The Hall–Kier alpha value is -2.78. The summed E-state index contributed by atoms with van der Waals surface area (Å²) in [6, 6.07) is 31.4. The zero-order valence-electron chi connectivity index (χ0n) is 16.7. The van der Waals surface area contributed by atoms with Crippen molar-refractivity contribution in [2.24, 2.45) is 0 Å². The number of hydrogen-bond donors (Lipinski definition) is 0. The second-order valence-corrected chi connectivity index (χ2v) is 8.43. The van der Waals surface area contributed by atoms with Crippen molar-refractivity contribution in [2.45, 2.75) is 24.5 Å². The Morgan fingerprint density at radius 2 is 1.00 bits per heavy atom. The molecule has 3 aromatic carbocycles. The minimum absolute atomic E-state index is 0.164. The Labute approximate surface area is 173 Å². The molecule has 146 valence electrons. The molecule has 3 nitrogen and oxygen atoms in total. The van der Waals surface area contributed by atoms with Crippen LogP contribution in [0.3, 0.4) is 0 Å². The van der Waals surface area contributed by atoms with Crippen molar-refractivity contribution in [1.82, 2.24) is 4.90 Å². The van der Waals surface area contributed by atoms with Gasteiger partial charge in [-0.25, -0.2) is 0 Å². The van der Waals surface area contributed by atoms with Gasteiger partial charge in [-0.15, -0.1) is 0 Å². The number of para-hydroxylation sites is 2. The van der Waals surface area contributed by atoms with Gasteiger partial charge in [-0.2, -0.15) is 0 Å². The highest BCUT2D eigenvalue weighted by atomic mass is 15.6. The molecule has 2 fully saturated rings. The lowest BCUT2D eigenvalue weighted by Crippen LogP contribution is -2.75. The number of hydrogen-bond acceptors (Lipinski definition) is 3. The van der Waals surface area contributed by atoms with Crippen LogP contribution in [-0.4, -0.2) is 36.9 Å². The van der Waals surface area contributed by atoms with E-state index in [1.54, 1.807) is 0 Å². The van der Waals surface area contributed by atoms with E-state index >= 15 is 0 Å². The fraction of sp³-hybridized carbons (Fsp3) is 0.308. The predicted molar refractivity (Wildman–Crippen MR) is 119 cm³/mol. The third kappa shape index (κ3) is 2.34. The molecular formula is C26H27N3. The summed E-state index contributed by atoms with van der Waals surface area (Å²) >= 11 is 0. The molecule has 29 heavy (non-hydrogen) atoms. The van der Waals surface area contributed by atoms with E-state index < -0.39 is 0 Å². The lowest BCUT2D eigenvalue weighted by Gasteiger charge is -2.61. The Bertz CT molecular complexity index is 924. The molecule has 3 heteroatoms. The van der Waals surface area contributed by atoms with Gasteiger partial charge in [0.15, 0.2) is 5.79 Å². The third-order valence-electron chi connectivity index (χ3n) is 7.00. The van der Waals surface area contributed by atoms with Gasteiger partial charge in [-0.1, -0.05) is 72.8 Å². The maximum absolute atomic E-state index is 2.77. The fourth-order valence-corrected chi connectivity index (χ4v) is 6.04. The number of nitrogens with zero attached hydrogens (tertiary/aromatic N) is 3. The number of fused-ring (bicyclic) bond motifs is 3. The lowest BCUT2D eigenvalue weighted by molar-refractivity contribution is 0.0255. The first-order chi connectivity index (χ1) is 14.4. The standard InChI is InChI=1S/C26H27N3/c1-3-11-21(12-4-1)25(22-13-5-2-6-14-22)26-27-17-9-19-28(26)23-15-7-8-16-24(23)29(26)20-10-18-27/h1-8,11-16,25H,9-10,17-20H2. The van der Waals surface area contributed by atoms with Gasteiger partial charge in [-0.3, -0.25) is 4.90 Å². The van der Waals surface area contributed by atoms with E-state index in [-0.39, 0.29) is 11.7 Å². The van der Waals surface area contributed by atoms with Crippen molar-refractivity contribution < 1.29 is 0 Å². The van der Waals surface area contributed by atoms with Crippen LogP contribution in [0.4, 0.5) is 11.4 Å². The van der Waals surface area contributed by atoms with Gasteiger partial charge < -0.3 is 9.80 Å². The maximum atomic E-state index is 2.77. The SMILES string of the molecule is c1ccc(C(c2ccccc2)C23N4CCCN2c2ccccc2N3CCC4)cc1. The van der Waals surface area contributed by atoms with E-state index in [1.165, 1.54) is 35.3 Å². The minimum Gasteiger partial charge on any atom is -0.334 e. The van der Waals surface area contributed by atoms with Crippen LogP contribution >= 0.6 is 0 Å². The van der Waals surface area contributed by atoms with Gasteiger partial charge in [0, 0.05) is 26.2 Å². The first-order valence-electron chi connectivity index (χ1n) is 10.9. The largest absolute Gasteiger partial charge is 0.334 e. The van der Waals surface area contributed by atoms with Crippen molar-refractivity contribution in [2.75, 3.05) is 36.0 Å². The molecule has 0 spiro atoms. The van der Waals surface area contributed by atoms with E-state index in [9.17, 15) is 0 Å². The Balaban J connectivity index is 1.64. The molecule has 0 saturated carbocycles. The van der Waals surface area contributed by atoms with Crippen molar-refractivity contribution in [3.8, 4) is 0 Å². The molecule has 3 aliphatic heterocycles. The van der Waals surface area contributed by atoms with Crippen LogP contribution in [0.1, 0.15) is 29.9 Å². The van der Waals surface area contributed by atoms with Gasteiger partial charge in [0.2, 0.25) is 0 Å². The van der Waals surface area contributed by atoms with Crippen LogP contribution in [0.25, 0.3) is 0 Å². The first kappa shape index (κ1) is 17.1. The van der Waals surface area contributed by atoms with Gasteiger partial charge >= 0.3 is 0 Å². The highest BCUT2D eigenvalue weighted by molar-refractivity contribution is 5.81. The monoisotopic (exact) mass is 381 g/mol. The van der Waals surface area contributed by atoms with Gasteiger partial charge in [0.05, 0.1) is 17.3 Å². The summed E-state index contributed by atoms with van der Waals surface area (Å²) in [6.07, 6.45) is 2.44. The summed E-state index contributed by atoms with van der Waals surface area (Å²) in [5.41, 5.74) is 5.59. The normalized spacial score (nSPS) is 19.9. The Morgan fingerprint density at radius 1 is 0.552 bits per heavy atom. The predicted octanol–water partition coefficient (Wildman–Crippen LogP) is 4.91. The molecule has 2 saturated heterocycles. The first-order valence-corrected chi connectivity index (χ1v) is 10.9. The van der Waals surface area contributed by atoms with Gasteiger partial charge in [0.25, 0.3) is 0 Å². The van der Waals surface area contributed by atoms with E-state index in [4.69, 9.17) is 0 Å². The van der Waals surface area contributed by atoms with Gasteiger partial charge in [-0.05, 0) is 36.1 Å². The van der Waals surface area contributed by atoms with E-state index in [0.29, 0.717) is 0 Å². The second kappa shape index (κ2) is 6.64. The summed E-state index contributed by atoms with van der Waals surface area (Å²) < 4.78 is 0. The summed E-state index contributed by atoms with van der Waals surface area (Å²) in [5.74, 6) is 0.0981. The highest BCUT2D eigenvalue weighted by Gasteiger charge is 2.61. The van der Waals surface area contributed by atoms with Crippen molar-refractivity contribution in [3.63, 3.8) is 0 Å². The Morgan fingerprint density at radius 3 is 1.48 bits per heavy atom. The van der Waals surface area contributed by atoms with Crippen LogP contribution in [0.5, 0.6) is 0 Å². The highest BCUT2D eigenvalue weighted by Crippen LogP contribution is 2.56. The van der Waals surface area contributed by atoms with E-state index in [0.717, 1.165) is 26.2 Å².